The third-order valence-corrected chi connectivity index (χ3v) is 1.78. The molecule has 0 saturated carbocycles. The number of aliphatic hydroxyl groups is 1. The highest BCUT2D eigenvalue weighted by Gasteiger charge is 2.19. The van der Waals surface area contributed by atoms with Gasteiger partial charge in [-0.25, -0.2) is 0 Å². The Balaban J connectivity index is 3.01. The molecule has 6 heteroatoms. The molecule has 1 N–H and O–H groups in total. The molecular formula is C7H11N3O3. The maximum Gasteiger partial charge on any atom is 0.392 e. The number of aryl methyl sites for hydroxylation is 1. The fourth-order valence-corrected chi connectivity index (χ4v) is 0.963. The summed E-state index contributed by atoms with van der Waals surface area (Å²) in [6.45, 7) is 3.26. The normalized spacial score (nSPS) is 12.8. The van der Waals surface area contributed by atoms with E-state index in [-0.39, 0.29) is 18.5 Å². The highest BCUT2D eigenvalue weighted by molar-refractivity contribution is 5.28. The molecule has 0 spiro atoms. The molecule has 0 saturated heterocycles. The topological polar surface area (TPSA) is 81.2 Å². The molecule has 1 aromatic heterocycles. The average Bonchev–Trinajstić information content (AvgIpc) is 2.46. The third kappa shape index (κ3) is 1.83. The molecule has 1 aromatic rings. The SMILES string of the molecule is Cc1cn(C(C)CO)nc1[N+](=O)[O-]. The van der Waals surface area contributed by atoms with Gasteiger partial charge >= 0.3 is 5.82 Å². The molecule has 0 amide bonds. The summed E-state index contributed by atoms with van der Waals surface area (Å²) in [5.74, 6) is -0.152. The predicted molar refractivity (Wildman–Crippen MR) is 45.4 cm³/mol. The van der Waals surface area contributed by atoms with E-state index in [0.29, 0.717) is 5.56 Å². The fraction of sp³-hybridized carbons (Fsp3) is 0.571. The zero-order chi connectivity index (χ0) is 10.0. The van der Waals surface area contributed by atoms with Crippen LogP contribution in [0.3, 0.4) is 0 Å². The minimum absolute atomic E-state index is 0.0850. The van der Waals surface area contributed by atoms with Crippen molar-refractivity contribution in [2.75, 3.05) is 6.61 Å². The molecule has 0 radical (unpaired) electrons. The molecule has 1 atom stereocenters. The first-order valence-electron chi connectivity index (χ1n) is 3.87. The number of rotatable bonds is 3. The lowest BCUT2D eigenvalue weighted by Gasteiger charge is -2.01. The molecule has 6 nitrogen and oxygen atoms in total. The first-order chi connectivity index (χ1) is 6.06. The van der Waals surface area contributed by atoms with Crippen LogP contribution in [-0.4, -0.2) is 26.4 Å². The molecule has 13 heavy (non-hydrogen) atoms. The van der Waals surface area contributed by atoms with E-state index in [4.69, 9.17) is 5.11 Å². The molecule has 0 aliphatic carbocycles. The molecule has 0 fully saturated rings. The van der Waals surface area contributed by atoms with Gasteiger partial charge in [0, 0.05) is 0 Å². The third-order valence-electron chi connectivity index (χ3n) is 1.78. The first kappa shape index (κ1) is 9.66. The van der Waals surface area contributed by atoms with Crippen molar-refractivity contribution in [1.29, 1.82) is 0 Å². The van der Waals surface area contributed by atoms with Crippen molar-refractivity contribution in [3.05, 3.63) is 21.9 Å². The molecular weight excluding hydrogens is 174 g/mol. The van der Waals surface area contributed by atoms with E-state index in [1.54, 1.807) is 20.0 Å². The first-order valence-corrected chi connectivity index (χ1v) is 3.87. The number of aromatic nitrogens is 2. The average molecular weight is 185 g/mol. The lowest BCUT2D eigenvalue weighted by atomic mass is 10.3. The zero-order valence-electron chi connectivity index (χ0n) is 7.47. The van der Waals surface area contributed by atoms with Crippen LogP contribution in [0.2, 0.25) is 0 Å². The van der Waals surface area contributed by atoms with Crippen LogP contribution in [0.1, 0.15) is 18.5 Å². The summed E-state index contributed by atoms with van der Waals surface area (Å²) in [4.78, 5) is 9.88. The molecule has 0 aliphatic rings. The Hall–Kier alpha value is -1.43. The van der Waals surface area contributed by atoms with Crippen molar-refractivity contribution in [3.8, 4) is 0 Å². The highest BCUT2D eigenvalue weighted by atomic mass is 16.6. The van der Waals surface area contributed by atoms with Gasteiger partial charge < -0.3 is 15.2 Å². The number of nitrogens with zero attached hydrogens (tertiary/aromatic N) is 3. The molecule has 1 heterocycles. The van der Waals surface area contributed by atoms with Crippen molar-refractivity contribution in [3.63, 3.8) is 0 Å². The molecule has 72 valence electrons. The molecule has 0 aliphatic heterocycles. The van der Waals surface area contributed by atoms with Gasteiger partial charge in [-0.1, -0.05) is 0 Å². The van der Waals surface area contributed by atoms with Crippen LogP contribution in [-0.2, 0) is 0 Å². The summed E-state index contributed by atoms with van der Waals surface area (Å²) in [6.07, 6.45) is 1.55. The molecule has 0 aromatic carbocycles. The number of aliphatic hydroxyl groups excluding tert-OH is 1. The van der Waals surface area contributed by atoms with Crippen LogP contribution in [0.25, 0.3) is 0 Å². The van der Waals surface area contributed by atoms with E-state index in [1.165, 1.54) is 4.68 Å². The van der Waals surface area contributed by atoms with Crippen molar-refractivity contribution < 1.29 is 10.0 Å². The van der Waals surface area contributed by atoms with E-state index >= 15 is 0 Å². The summed E-state index contributed by atoms with van der Waals surface area (Å²) in [5.41, 5.74) is 0.505. The van der Waals surface area contributed by atoms with Crippen LogP contribution >= 0.6 is 0 Å². The minimum atomic E-state index is -0.532. The largest absolute Gasteiger partial charge is 0.394 e. The molecule has 1 unspecified atom stereocenters. The smallest absolute Gasteiger partial charge is 0.392 e. The van der Waals surface area contributed by atoms with Crippen LogP contribution in [0.5, 0.6) is 0 Å². The van der Waals surface area contributed by atoms with Gasteiger partial charge in [-0.05, 0) is 18.8 Å². The summed E-state index contributed by atoms with van der Waals surface area (Å²) < 4.78 is 1.40. The molecule has 0 bridgehead atoms. The van der Waals surface area contributed by atoms with Gasteiger partial charge in [-0.2, -0.15) is 4.68 Å². The number of nitro groups is 1. The zero-order valence-corrected chi connectivity index (χ0v) is 7.47. The fourth-order valence-electron chi connectivity index (χ4n) is 0.963. The van der Waals surface area contributed by atoms with Crippen LogP contribution in [0.15, 0.2) is 6.20 Å². The Kier molecular flexibility index (Phi) is 2.62. The maximum atomic E-state index is 10.4. The maximum absolute atomic E-state index is 10.4. The Morgan fingerprint density at radius 1 is 1.85 bits per heavy atom. The van der Waals surface area contributed by atoms with Gasteiger partial charge in [-0.15, -0.1) is 0 Å². The van der Waals surface area contributed by atoms with E-state index in [9.17, 15) is 10.1 Å². The molecule has 1 rings (SSSR count). The Morgan fingerprint density at radius 3 is 2.85 bits per heavy atom. The highest BCUT2D eigenvalue weighted by Crippen LogP contribution is 2.16. The van der Waals surface area contributed by atoms with Crippen LogP contribution in [0, 0.1) is 17.0 Å². The quantitative estimate of drug-likeness (QED) is 0.553. The Bertz CT molecular complexity index is 321. The van der Waals surface area contributed by atoms with Crippen molar-refractivity contribution in [2.45, 2.75) is 19.9 Å². The van der Waals surface area contributed by atoms with Gasteiger partial charge in [0.25, 0.3) is 0 Å². The van der Waals surface area contributed by atoms with Crippen molar-refractivity contribution >= 4 is 5.82 Å². The predicted octanol–water partition coefficient (Wildman–Crippen LogP) is 0.653. The van der Waals surface area contributed by atoms with E-state index in [1.807, 2.05) is 0 Å². The Morgan fingerprint density at radius 2 is 2.46 bits per heavy atom. The minimum Gasteiger partial charge on any atom is -0.394 e. The van der Waals surface area contributed by atoms with E-state index in [0.717, 1.165) is 0 Å². The van der Waals surface area contributed by atoms with Crippen LogP contribution < -0.4 is 0 Å². The lowest BCUT2D eigenvalue weighted by Crippen LogP contribution is -2.09. The number of hydrogen-bond donors (Lipinski definition) is 1. The van der Waals surface area contributed by atoms with Gasteiger partial charge in [0.05, 0.1) is 29.5 Å². The lowest BCUT2D eigenvalue weighted by molar-refractivity contribution is -0.390. The standard InChI is InChI=1S/C7H11N3O3/c1-5-3-9(6(2)4-11)8-7(5)10(12)13/h3,6,11H,4H2,1-2H3. The van der Waals surface area contributed by atoms with E-state index in [2.05, 4.69) is 5.10 Å². The van der Waals surface area contributed by atoms with Gasteiger partial charge in [0.1, 0.15) is 0 Å². The summed E-state index contributed by atoms with van der Waals surface area (Å²) in [6, 6.07) is -0.229. The summed E-state index contributed by atoms with van der Waals surface area (Å²) >= 11 is 0. The van der Waals surface area contributed by atoms with Gasteiger partial charge in [0.2, 0.25) is 0 Å². The summed E-state index contributed by atoms with van der Waals surface area (Å²) in [7, 11) is 0. The summed E-state index contributed by atoms with van der Waals surface area (Å²) in [5, 5.41) is 22.9. The van der Waals surface area contributed by atoms with Crippen molar-refractivity contribution in [1.82, 2.24) is 9.78 Å². The van der Waals surface area contributed by atoms with Crippen molar-refractivity contribution in [2.24, 2.45) is 0 Å². The van der Waals surface area contributed by atoms with E-state index < -0.39 is 4.92 Å². The monoisotopic (exact) mass is 185 g/mol. The van der Waals surface area contributed by atoms with Gasteiger partial charge in [0.15, 0.2) is 0 Å². The second-order valence-corrected chi connectivity index (χ2v) is 2.90. The Labute approximate surface area is 74.9 Å². The second-order valence-electron chi connectivity index (χ2n) is 2.90. The van der Waals surface area contributed by atoms with Gasteiger partial charge in [-0.3, -0.25) is 0 Å². The second kappa shape index (κ2) is 3.53. The van der Waals surface area contributed by atoms with Crippen LogP contribution in [0.4, 0.5) is 5.82 Å². The number of hydrogen-bond acceptors (Lipinski definition) is 4.